The van der Waals surface area contributed by atoms with Crippen LogP contribution in [-0.4, -0.2) is 53.1 Å². The molecule has 0 bridgehead atoms. The molecular weight excluding hydrogens is 354 g/mol. The van der Waals surface area contributed by atoms with Crippen LogP contribution in [0.1, 0.15) is 43.6 Å². The van der Waals surface area contributed by atoms with Crippen molar-refractivity contribution in [1.82, 2.24) is 15.1 Å². The average Bonchev–Trinajstić information content (AvgIpc) is 2.68. The minimum Gasteiger partial charge on any atom is -0.352 e. The van der Waals surface area contributed by atoms with Gasteiger partial charge in [0.15, 0.2) is 11.6 Å². The highest BCUT2D eigenvalue weighted by molar-refractivity contribution is 6.03. The molecule has 1 fully saturated rings. The van der Waals surface area contributed by atoms with Crippen LogP contribution in [-0.2, 0) is 10.2 Å². The summed E-state index contributed by atoms with van der Waals surface area (Å²) >= 11 is 0. The fourth-order valence-electron chi connectivity index (χ4n) is 3.12. The Morgan fingerprint density at radius 2 is 1.57 bits per heavy atom. The van der Waals surface area contributed by atoms with Gasteiger partial charge >= 0.3 is 0 Å². The molecule has 2 amide bonds. The van der Waals surface area contributed by atoms with Crippen LogP contribution in [0, 0.1) is 0 Å². The highest BCUT2D eigenvalue weighted by atomic mass is 16.2. The molecule has 7 nitrogen and oxygen atoms in total. The van der Waals surface area contributed by atoms with Crippen LogP contribution in [0.2, 0.25) is 0 Å². The van der Waals surface area contributed by atoms with Crippen LogP contribution in [0.15, 0.2) is 36.4 Å². The molecule has 0 radical (unpaired) electrons. The topological polar surface area (TPSA) is 78.4 Å². The van der Waals surface area contributed by atoms with Crippen LogP contribution < -0.4 is 10.2 Å². The van der Waals surface area contributed by atoms with E-state index < -0.39 is 0 Å². The Morgan fingerprint density at radius 3 is 2.07 bits per heavy atom. The minimum absolute atomic E-state index is 0.0478. The number of hydrogen-bond acceptors (Lipinski definition) is 5. The third-order valence-corrected chi connectivity index (χ3v) is 4.95. The predicted molar refractivity (Wildman–Crippen MR) is 110 cm³/mol. The molecule has 148 valence electrons. The summed E-state index contributed by atoms with van der Waals surface area (Å²) < 4.78 is 0. The fraction of sp³-hybridized carbons (Fsp3) is 0.429. The first-order valence-electron chi connectivity index (χ1n) is 9.50. The Kier molecular flexibility index (Phi) is 5.63. The van der Waals surface area contributed by atoms with Crippen LogP contribution in [0.5, 0.6) is 0 Å². The van der Waals surface area contributed by atoms with Crippen LogP contribution in [0.3, 0.4) is 0 Å². The third kappa shape index (κ3) is 4.65. The molecule has 2 aromatic rings. The van der Waals surface area contributed by atoms with Gasteiger partial charge in [0.05, 0.1) is 0 Å². The van der Waals surface area contributed by atoms with Crippen molar-refractivity contribution in [3.8, 4) is 0 Å². The molecule has 1 N–H and O–H groups in total. The van der Waals surface area contributed by atoms with Crippen molar-refractivity contribution in [2.75, 3.05) is 36.4 Å². The van der Waals surface area contributed by atoms with Gasteiger partial charge in [-0.2, -0.15) is 0 Å². The van der Waals surface area contributed by atoms with E-state index in [4.69, 9.17) is 0 Å². The summed E-state index contributed by atoms with van der Waals surface area (Å²) in [5, 5.41) is 11.1. The average molecular weight is 381 g/mol. The van der Waals surface area contributed by atoms with E-state index in [1.165, 1.54) is 5.56 Å². The Morgan fingerprint density at radius 1 is 0.929 bits per heavy atom. The van der Waals surface area contributed by atoms with Gasteiger partial charge < -0.3 is 15.1 Å². The number of benzene rings is 1. The highest BCUT2D eigenvalue weighted by Crippen LogP contribution is 2.22. The molecule has 1 aliphatic rings. The second kappa shape index (κ2) is 7.96. The molecule has 28 heavy (non-hydrogen) atoms. The monoisotopic (exact) mass is 381 g/mol. The first-order valence-corrected chi connectivity index (χ1v) is 9.50. The minimum atomic E-state index is -0.211. The van der Waals surface area contributed by atoms with Gasteiger partial charge in [-0.25, -0.2) is 0 Å². The summed E-state index contributed by atoms with van der Waals surface area (Å²) in [6.45, 7) is 10.8. The lowest BCUT2D eigenvalue weighted by Crippen LogP contribution is -2.48. The van der Waals surface area contributed by atoms with E-state index in [2.05, 4.69) is 41.2 Å². The lowest BCUT2D eigenvalue weighted by atomic mass is 9.87. The van der Waals surface area contributed by atoms with Gasteiger partial charge in [0, 0.05) is 38.7 Å². The van der Waals surface area contributed by atoms with Crippen molar-refractivity contribution in [3.63, 3.8) is 0 Å². The van der Waals surface area contributed by atoms with E-state index in [-0.39, 0.29) is 17.2 Å². The van der Waals surface area contributed by atoms with Crippen molar-refractivity contribution >= 4 is 23.5 Å². The second-order valence-corrected chi connectivity index (χ2v) is 8.05. The normalized spacial score (nSPS) is 14.7. The molecule has 2 heterocycles. The number of nitrogens with zero attached hydrogens (tertiary/aromatic N) is 4. The Labute approximate surface area is 165 Å². The molecule has 0 saturated carbocycles. The van der Waals surface area contributed by atoms with E-state index in [0.29, 0.717) is 24.5 Å². The van der Waals surface area contributed by atoms with Crippen molar-refractivity contribution in [2.24, 2.45) is 0 Å². The number of rotatable bonds is 3. The molecule has 1 saturated heterocycles. The van der Waals surface area contributed by atoms with Gasteiger partial charge in [-0.3, -0.25) is 9.59 Å². The molecule has 0 unspecified atom stereocenters. The SMILES string of the molecule is CC(=O)N1CCN(c2ccc(NC(=O)c3ccc(C(C)(C)C)cc3)nn2)CC1. The number of hydrogen-bond donors (Lipinski definition) is 1. The zero-order valence-electron chi connectivity index (χ0n) is 16.9. The summed E-state index contributed by atoms with van der Waals surface area (Å²) in [6, 6.07) is 11.2. The molecule has 3 rings (SSSR count). The number of piperazine rings is 1. The smallest absolute Gasteiger partial charge is 0.256 e. The highest BCUT2D eigenvalue weighted by Gasteiger charge is 2.20. The van der Waals surface area contributed by atoms with Gasteiger partial charge in [-0.05, 0) is 35.2 Å². The number of nitrogens with one attached hydrogen (secondary N) is 1. The van der Waals surface area contributed by atoms with Gasteiger partial charge in [-0.1, -0.05) is 32.9 Å². The Balaban J connectivity index is 1.60. The number of aromatic nitrogens is 2. The van der Waals surface area contributed by atoms with Crippen molar-refractivity contribution in [3.05, 3.63) is 47.5 Å². The number of carbonyl (C=O) groups excluding carboxylic acids is 2. The summed E-state index contributed by atoms with van der Waals surface area (Å²) in [5.74, 6) is 1.05. The van der Waals surface area contributed by atoms with Crippen LogP contribution >= 0.6 is 0 Å². The predicted octanol–water partition coefficient (Wildman–Crippen LogP) is 2.69. The van der Waals surface area contributed by atoms with E-state index in [1.54, 1.807) is 13.0 Å². The largest absolute Gasteiger partial charge is 0.352 e. The molecule has 0 aliphatic carbocycles. The first-order chi connectivity index (χ1) is 13.2. The molecule has 1 aromatic heterocycles. The van der Waals surface area contributed by atoms with Gasteiger partial charge in [-0.15, -0.1) is 10.2 Å². The van der Waals surface area contributed by atoms with Gasteiger partial charge in [0.2, 0.25) is 5.91 Å². The van der Waals surface area contributed by atoms with E-state index in [1.807, 2.05) is 35.2 Å². The number of carbonyl (C=O) groups is 2. The number of anilines is 2. The number of amides is 2. The van der Waals surface area contributed by atoms with E-state index >= 15 is 0 Å². The maximum Gasteiger partial charge on any atom is 0.256 e. The summed E-state index contributed by atoms with van der Waals surface area (Å²) in [4.78, 5) is 27.8. The maximum absolute atomic E-state index is 12.4. The third-order valence-electron chi connectivity index (χ3n) is 4.95. The zero-order valence-corrected chi connectivity index (χ0v) is 16.9. The summed E-state index contributed by atoms with van der Waals surface area (Å²) in [5.41, 5.74) is 1.81. The quantitative estimate of drug-likeness (QED) is 0.884. The standard InChI is InChI=1S/C21H27N5O2/c1-15(27)25-11-13-26(14-12-25)19-10-9-18(23-24-19)22-20(28)16-5-7-17(8-6-16)21(2,3)4/h5-10H,11-14H2,1-4H3,(H,22,23,28). The van der Waals surface area contributed by atoms with E-state index in [9.17, 15) is 9.59 Å². The fourth-order valence-corrected chi connectivity index (χ4v) is 3.12. The summed E-state index contributed by atoms with van der Waals surface area (Å²) in [7, 11) is 0. The molecule has 1 aliphatic heterocycles. The van der Waals surface area contributed by atoms with Gasteiger partial charge in [0.1, 0.15) is 0 Å². The molecule has 1 aromatic carbocycles. The maximum atomic E-state index is 12.4. The zero-order chi connectivity index (χ0) is 20.3. The lowest BCUT2D eigenvalue weighted by molar-refractivity contribution is -0.129. The first kappa shape index (κ1) is 19.8. The van der Waals surface area contributed by atoms with Crippen molar-refractivity contribution in [1.29, 1.82) is 0 Å². The Hall–Kier alpha value is -2.96. The van der Waals surface area contributed by atoms with Crippen LogP contribution in [0.25, 0.3) is 0 Å². The van der Waals surface area contributed by atoms with E-state index in [0.717, 1.165) is 18.9 Å². The molecule has 7 heteroatoms. The molecular formula is C21H27N5O2. The van der Waals surface area contributed by atoms with Gasteiger partial charge in [0.25, 0.3) is 5.91 Å². The second-order valence-electron chi connectivity index (χ2n) is 8.05. The van der Waals surface area contributed by atoms with Crippen molar-refractivity contribution in [2.45, 2.75) is 33.1 Å². The van der Waals surface area contributed by atoms with Crippen molar-refractivity contribution < 1.29 is 9.59 Å². The summed E-state index contributed by atoms with van der Waals surface area (Å²) in [6.07, 6.45) is 0. The Bertz CT molecular complexity index is 833. The van der Waals surface area contributed by atoms with Crippen LogP contribution in [0.4, 0.5) is 11.6 Å². The lowest BCUT2D eigenvalue weighted by Gasteiger charge is -2.34. The molecule has 0 atom stereocenters. The molecule has 0 spiro atoms.